The number of carboxylic acids is 1. The van der Waals surface area contributed by atoms with Crippen molar-refractivity contribution in [3.05, 3.63) is 94.8 Å². The van der Waals surface area contributed by atoms with Gasteiger partial charge in [0.1, 0.15) is 12.4 Å². The van der Waals surface area contributed by atoms with E-state index in [-0.39, 0.29) is 18.9 Å². The molecule has 8 nitrogen and oxygen atoms in total. The van der Waals surface area contributed by atoms with Gasteiger partial charge in [-0.2, -0.15) is 0 Å². The first-order chi connectivity index (χ1) is 17.6. The Morgan fingerprint density at radius 2 is 1.89 bits per heavy atom. The summed E-state index contributed by atoms with van der Waals surface area (Å²) in [4.78, 5) is 30.1. The summed E-state index contributed by atoms with van der Waals surface area (Å²) in [5.74, 6) is -0.547. The monoisotopic (exact) mass is 489 g/mol. The molecule has 2 bridgehead atoms. The number of amides is 1. The molecule has 2 aromatic carbocycles. The van der Waals surface area contributed by atoms with Crippen molar-refractivity contribution in [2.24, 2.45) is 0 Å². The Bertz CT molecular complexity index is 1170. The second kappa shape index (κ2) is 12.8. The van der Waals surface area contributed by atoms with Crippen molar-refractivity contribution in [3.8, 4) is 5.75 Å². The molecule has 0 fully saturated rings. The molecule has 4 rings (SSSR count). The molecule has 1 aromatic heterocycles. The standard InChI is InChI=1S/C28H31N3O5/c32-27(33)9-11-30-28(34)23-7-8-26-24(18-23)17-21-4-3-5-22(16-21)19-31(12-13-35-14-15-36-26)20-25-6-1-2-10-29-25/h1-8,10,16,18H,9,11-15,17,19-20H2,(H,30,34)(H,32,33). The Kier molecular flexibility index (Phi) is 9.02. The summed E-state index contributed by atoms with van der Waals surface area (Å²) in [6.07, 6.45) is 2.29. The van der Waals surface area contributed by atoms with Crippen LogP contribution >= 0.6 is 0 Å². The zero-order chi connectivity index (χ0) is 25.2. The third-order valence-corrected chi connectivity index (χ3v) is 5.89. The molecule has 1 aliphatic rings. The number of fused-ring (bicyclic) bond motifs is 3. The lowest BCUT2D eigenvalue weighted by Gasteiger charge is -2.23. The molecule has 2 N–H and O–H groups in total. The van der Waals surface area contributed by atoms with E-state index in [1.165, 1.54) is 5.56 Å². The molecule has 188 valence electrons. The first kappa shape index (κ1) is 25.3. The predicted molar refractivity (Wildman–Crippen MR) is 135 cm³/mol. The minimum Gasteiger partial charge on any atom is -0.491 e. The lowest BCUT2D eigenvalue weighted by Crippen LogP contribution is -2.28. The first-order valence-corrected chi connectivity index (χ1v) is 12.1. The molecular weight excluding hydrogens is 458 g/mol. The summed E-state index contributed by atoms with van der Waals surface area (Å²) in [5, 5.41) is 11.5. The highest BCUT2D eigenvalue weighted by molar-refractivity contribution is 5.94. The number of pyridine rings is 1. The topological polar surface area (TPSA) is 101 Å². The maximum Gasteiger partial charge on any atom is 0.305 e. The fourth-order valence-electron chi connectivity index (χ4n) is 4.14. The molecule has 0 radical (unpaired) electrons. The third kappa shape index (κ3) is 7.63. The van der Waals surface area contributed by atoms with Crippen LogP contribution in [0.5, 0.6) is 5.75 Å². The number of hydrogen-bond acceptors (Lipinski definition) is 6. The van der Waals surface area contributed by atoms with Crippen LogP contribution in [0.4, 0.5) is 0 Å². The number of ether oxygens (including phenoxy) is 2. The largest absolute Gasteiger partial charge is 0.491 e. The third-order valence-electron chi connectivity index (χ3n) is 5.89. The fraction of sp³-hybridized carbons (Fsp3) is 0.321. The molecule has 1 aliphatic heterocycles. The normalized spacial score (nSPS) is 14.7. The summed E-state index contributed by atoms with van der Waals surface area (Å²) >= 11 is 0. The molecule has 36 heavy (non-hydrogen) atoms. The van der Waals surface area contributed by atoms with Gasteiger partial charge in [-0.05, 0) is 47.0 Å². The molecule has 1 amide bonds. The SMILES string of the molecule is O=C(O)CCNC(=O)c1ccc2c(c1)Cc1cccc(c1)CN(Cc1ccccn1)CCOCCO2. The summed E-state index contributed by atoms with van der Waals surface area (Å²) in [6, 6.07) is 19.7. The second-order valence-corrected chi connectivity index (χ2v) is 8.71. The number of nitrogens with zero attached hydrogens (tertiary/aromatic N) is 2. The number of benzene rings is 2. The van der Waals surface area contributed by atoms with Crippen LogP contribution in [0.2, 0.25) is 0 Å². The van der Waals surface area contributed by atoms with Crippen LogP contribution in [0.3, 0.4) is 0 Å². The molecule has 2 heterocycles. The number of carboxylic acid groups (broad SMARTS) is 1. The molecule has 0 atom stereocenters. The van der Waals surface area contributed by atoms with E-state index in [0.29, 0.717) is 37.6 Å². The Balaban J connectivity index is 1.54. The van der Waals surface area contributed by atoms with E-state index in [1.807, 2.05) is 30.5 Å². The van der Waals surface area contributed by atoms with E-state index in [9.17, 15) is 9.59 Å². The van der Waals surface area contributed by atoms with Crippen LogP contribution in [0.1, 0.15) is 39.2 Å². The van der Waals surface area contributed by atoms with Gasteiger partial charge in [0.25, 0.3) is 5.91 Å². The fourth-order valence-corrected chi connectivity index (χ4v) is 4.14. The smallest absolute Gasteiger partial charge is 0.305 e. The van der Waals surface area contributed by atoms with Gasteiger partial charge in [0.05, 0.1) is 25.3 Å². The minimum absolute atomic E-state index is 0.0795. The Morgan fingerprint density at radius 1 is 1.00 bits per heavy atom. The van der Waals surface area contributed by atoms with Crippen molar-refractivity contribution in [1.29, 1.82) is 0 Å². The van der Waals surface area contributed by atoms with E-state index in [2.05, 4.69) is 39.5 Å². The Hall–Kier alpha value is -3.75. The second-order valence-electron chi connectivity index (χ2n) is 8.71. The molecule has 3 aromatic rings. The maximum absolute atomic E-state index is 12.6. The van der Waals surface area contributed by atoms with E-state index in [1.54, 1.807) is 12.1 Å². The first-order valence-electron chi connectivity index (χ1n) is 12.1. The average Bonchev–Trinajstić information content (AvgIpc) is 2.87. The summed E-state index contributed by atoms with van der Waals surface area (Å²) < 4.78 is 11.9. The Morgan fingerprint density at radius 3 is 2.72 bits per heavy atom. The van der Waals surface area contributed by atoms with Crippen molar-refractivity contribution in [3.63, 3.8) is 0 Å². The highest BCUT2D eigenvalue weighted by Crippen LogP contribution is 2.25. The average molecular weight is 490 g/mol. The van der Waals surface area contributed by atoms with Crippen LogP contribution < -0.4 is 10.1 Å². The van der Waals surface area contributed by atoms with E-state index >= 15 is 0 Å². The van der Waals surface area contributed by atoms with E-state index in [4.69, 9.17) is 14.6 Å². The number of rotatable bonds is 6. The predicted octanol–water partition coefficient (Wildman–Crippen LogP) is 3.29. The van der Waals surface area contributed by atoms with Gasteiger partial charge in [-0.1, -0.05) is 30.3 Å². The van der Waals surface area contributed by atoms with Crippen LogP contribution in [-0.2, 0) is 29.0 Å². The summed E-state index contributed by atoms with van der Waals surface area (Å²) in [7, 11) is 0. The zero-order valence-electron chi connectivity index (χ0n) is 20.2. The highest BCUT2D eigenvalue weighted by Gasteiger charge is 2.14. The Labute approximate surface area is 210 Å². The van der Waals surface area contributed by atoms with Crippen molar-refractivity contribution < 1.29 is 24.2 Å². The quantitative estimate of drug-likeness (QED) is 0.548. The maximum atomic E-state index is 12.6. The van der Waals surface area contributed by atoms with Crippen LogP contribution in [0, 0.1) is 0 Å². The van der Waals surface area contributed by atoms with Gasteiger partial charge in [-0.25, -0.2) is 0 Å². The summed E-state index contributed by atoms with van der Waals surface area (Å²) in [5.41, 5.74) is 4.68. The lowest BCUT2D eigenvalue weighted by molar-refractivity contribution is -0.136. The number of carbonyl (C=O) groups is 2. The van der Waals surface area contributed by atoms with Gasteiger partial charge >= 0.3 is 5.97 Å². The highest BCUT2D eigenvalue weighted by atomic mass is 16.5. The molecule has 0 aliphatic carbocycles. The molecule has 8 heteroatoms. The molecular formula is C28H31N3O5. The van der Waals surface area contributed by atoms with Gasteiger partial charge in [-0.3, -0.25) is 19.5 Å². The van der Waals surface area contributed by atoms with Crippen LogP contribution in [0.15, 0.2) is 66.9 Å². The van der Waals surface area contributed by atoms with Gasteiger partial charge in [0, 0.05) is 44.4 Å². The van der Waals surface area contributed by atoms with Crippen LogP contribution in [-0.4, -0.2) is 59.8 Å². The number of aliphatic carboxylic acids is 1. The van der Waals surface area contributed by atoms with Crippen molar-refractivity contribution in [2.45, 2.75) is 25.9 Å². The number of carbonyl (C=O) groups excluding carboxylic acids is 1. The van der Waals surface area contributed by atoms with Crippen molar-refractivity contribution in [2.75, 3.05) is 32.9 Å². The molecule has 0 unspecified atom stereocenters. The van der Waals surface area contributed by atoms with Crippen molar-refractivity contribution in [1.82, 2.24) is 15.2 Å². The number of nitrogens with one attached hydrogen (secondary N) is 1. The lowest BCUT2D eigenvalue weighted by atomic mass is 9.99. The van der Waals surface area contributed by atoms with Gasteiger partial charge in [0.15, 0.2) is 0 Å². The molecule has 0 saturated carbocycles. The van der Waals surface area contributed by atoms with Crippen molar-refractivity contribution >= 4 is 11.9 Å². The molecule has 0 spiro atoms. The zero-order valence-corrected chi connectivity index (χ0v) is 20.2. The molecule has 0 saturated heterocycles. The van der Waals surface area contributed by atoms with E-state index < -0.39 is 5.97 Å². The number of hydrogen-bond donors (Lipinski definition) is 2. The van der Waals surface area contributed by atoms with Gasteiger partial charge in [0.2, 0.25) is 0 Å². The van der Waals surface area contributed by atoms with E-state index in [0.717, 1.165) is 36.5 Å². The van der Waals surface area contributed by atoms with Gasteiger partial charge < -0.3 is 19.9 Å². The van der Waals surface area contributed by atoms with Crippen LogP contribution in [0.25, 0.3) is 0 Å². The summed E-state index contributed by atoms with van der Waals surface area (Å²) in [6.45, 7) is 3.79. The minimum atomic E-state index is -0.950. The number of aromatic nitrogens is 1. The van der Waals surface area contributed by atoms with Gasteiger partial charge in [-0.15, -0.1) is 0 Å².